The second kappa shape index (κ2) is 11.0. The van der Waals surface area contributed by atoms with Crippen LogP contribution in [0.5, 0.6) is 5.75 Å². The molecule has 8 heteroatoms. The van der Waals surface area contributed by atoms with Crippen molar-refractivity contribution >= 4 is 29.9 Å². The molecule has 0 amide bonds. The van der Waals surface area contributed by atoms with Gasteiger partial charge < -0.3 is 19.9 Å². The number of hydrogen-bond donors (Lipinski definition) is 2. The van der Waals surface area contributed by atoms with Crippen LogP contribution in [-0.4, -0.2) is 40.4 Å². The van der Waals surface area contributed by atoms with Crippen molar-refractivity contribution in [2.24, 2.45) is 4.99 Å². The number of para-hydroxylation sites is 1. The lowest BCUT2D eigenvalue weighted by atomic mass is 10.3. The highest BCUT2D eigenvalue weighted by molar-refractivity contribution is 14.0. The molecule has 0 radical (unpaired) electrons. The number of rotatable bonds is 8. The Morgan fingerprint density at radius 2 is 2.08 bits per heavy atom. The Labute approximate surface area is 171 Å². The first kappa shape index (κ1) is 20.5. The molecule has 142 valence electrons. The molecule has 0 saturated heterocycles. The average Bonchev–Trinajstić information content (AvgIpc) is 3.24. The van der Waals surface area contributed by atoms with Crippen LogP contribution in [0, 0.1) is 0 Å². The Balaban J connectivity index is 0.00000243. The van der Waals surface area contributed by atoms with Crippen molar-refractivity contribution in [3.8, 4) is 5.75 Å². The summed E-state index contributed by atoms with van der Waals surface area (Å²) in [4.78, 5) is 4.62. The molecular formula is C18H27IN6O. The van der Waals surface area contributed by atoms with Gasteiger partial charge in [-0.25, -0.2) is 4.99 Å². The highest BCUT2D eigenvalue weighted by Gasteiger charge is 2.16. The molecule has 0 fully saturated rings. The normalized spacial score (nSPS) is 13.0. The Morgan fingerprint density at radius 1 is 1.23 bits per heavy atom. The lowest BCUT2D eigenvalue weighted by molar-refractivity contribution is 0.311. The van der Waals surface area contributed by atoms with Crippen molar-refractivity contribution in [2.45, 2.75) is 39.3 Å². The molecule has 0 aliphatic carbocycles. The van der Waals surface area contributed by atoms with Gasteiger partial charge in [-0.05, 0) is 31.9 Å². The fourth-order valence-electron chi connectivity index (χ4n) is 2.80. The highest BCUT2D eigenvalue weighted by Crippen LogP contribution is 2.14. The summed E-state index contributed by atoms with van der Waals surface area (Å²) in [6, 6.07) is 9.87. The van der Waals surface area contributed by atoms with E-state index in [2.05, 4.69) is 37.3 Å². The number of ether oxygens (including phenoxy) is 1. The highest BCUT2D eigenvalue weighted by atomic mass is 127. The zero-order chi connectivity index (χ0) is 17.3. The number of guanidine groups is 1. The summed E-state index contributed by atoms with van der Waals surface area (Å²) in [6.07, 6.45) is 3.08. The predicted molar refractivity (Wildman–Crippen MR) is 113 cm³/mol. The Kier molecular flexibility index (Phi) is 8.66. The van der Waals surface area contributed by atoms with E-state index in [-0.39, 0.29) is 24.0 Å². The fraction of sp³-hybridized carbons (Fsp3) is 0.500. The molecule has 0 atom stereocenters. The van der Waals surface area contributed by atoms with E-state index in [1.165, 1.54) is 0 Å². The number of hydrogen-bond acceptors (Lipinski definition) is 4. The number of aromatic nitrogens is 3. The minimum atomic E-state index is 0. The number of aryl methyl sites for hydroxylation is 1. The summed E-state index contributed by atoms with van der Waals surface area (Å²) in [5, 5.41) is 15.1. The SMILES string of the molecule is CCNC(=NCc1nnc2n1CCC2)NCCCOc1ccccc1.I. The Morgan fingerprint density at radius 3 is 2.88 bits per heavy atom. The van der Waals surface area contributed by atoms with Crippen molar-refractivity contribution < 1.29 is 4.74 Å². The summed E-state index contributed by atoms with van der Waals surface area (Å²) in [5.41, 5.74) is 0. The minimum Gasteiger partial charge on any atom is -0.494 e. The van der Waals surface area contributed by atoms with Gasteiger partial charge in [-0.1, -0.05) is 18.2 Å². The van der Waals surface area contributed by atoms with E-state index in [0.29, 0.717) is 13.2 Å². The van der Waals surface area contributed by atoms with E-state index < -0.39 is 0 Å². The van der Waals surface area contributed by atoms with Gasteiger partial charge in [0.2, 0.25) is 0 Å². The van der Waals surface area contributed by atoms with Crippen LogP contribution in [0.4, 0.5) is 0 Å². The van der Waals surface area contributed by atoms with E-state index in [4.69, 9.17) is 4.74 Å². The van der Waals surface area contributed by atoms with Crippen LogP contribution in [0.15, 0.2) is 35.3 Å². The number of nitrogens with zero attached hydrogens (tertiary/aromatic N) is 4. The predicted octanol–water partition coefficient (Wildman–Crippen LogP) is 2.37. The van der Waals surface area contributed by atoms with Crippen LogP contribution in [0.2, 0.25) is 0 Å². The second-order valence-corrected chi connectivity index (χ2v) is 5.92. The molecule has 1 aliphatic rings. The lowest BCUT2D eigenvalue weighted by Gasteiger charge is -2.11. The standard InChI is InChI=1S/C18H26N6O.HI/c1-2-19-18(20-11-7-13-25-15-8-4-3-5-9-15)21-14-17-23-22-16-10-6-12-24(16)17;/h3-5,8-9H,2,6-7,10-14H2,1H3,(H2,19,20,21);1H. The van der Waals surface area contributed by atoms with E-state index in [1.54, 1.807) is 0 Å². The van der Waals surface area contributed by atoms with Crippen molar-refractivity contribution in [3.63, 3.8) is 0 Å². The molecule has 1 aromatic heterocycles. The molecule has 0 bridgehead atoms. The topological polar surface area (TPSA) is 76.4 Å². The maximum absolute atomic E-state index is 5.70. The molecule has 0 unspecified atom stereocenters. The lowest BCUT2D eigenvalue weighted by Crippen LogP contribution is -2.38. The molecule has 2 N–H and O–H groups in total. The monoisotopic (exact) mass is 470 g/mol. The zero-order valence-corrected chi connectivity index (χ0v) is 17.5. The molecule has 0 spiro atoms. The summed E-state index contributed by atoms with van der Waals surface area (Å²) in [7, 11) is 0. The van der Waals surface area contributed by atoms with Crippen LogP contribution in [0.3, 0.4) is 0 Å². The third kappa shape index (κ3) is 5.86. The van der Waals surface area contributed by atoms with Gasteiger partial charge in [0, 0.05) is 26.1 Å². The number of fused-ring (bicyclic) bond motifs is 1. The molecular weight excluding hydrogens is 443 g/mol. The quantitative estimate of drug-likeness (QED) is 0.268. The van der Waals surface area contributed by atoms with Crippen LogP contribution in [0.25, 0.3) is 0 Å². The molecule has 1 aliphatic heterocycles. The van der Waals surface area contributed by atoms with E-state index in [1.807, 2.05) is 30.3 Å². The molecule has 26 heavy (non-hydrogen) atoms. The van der Waals surface area contributed by atoms with Crippen molar-refractivity contribution in [1.29, 1.82) is 0 Å². The fourth-order valence-corrected chi connectivity index (χ4v) is 2.80. The number of nitrogens with one attached hydrogen (secondary N) is 2. The third-order valence-electron chi connectivity index (χ3n) is 4.03. The first-order chi connectivity index (χ1) is 12.4. The molecule has 2 aromatic rings. The van der Waals surface area contributed by atoms with Gasteiger partial charge in [-0.3, -0.25) is 0 Å². The Hall–Kier alpha value is -1.84. The van der Waals surface area contributed by atoms with Crippen LogP contribution >= 0.6 is 24.0 Å². The van der Waals surface area contributed by atoms with Gasteiger partial charge in [0.1, 0.15) is 18.1 Å². The van der Waals surface area contributed by atoms with Gasteiger partial charge in [-0.2, -0.15) is 0 Å². The first-order valence-electron chi connectivity index (χ1n) is 8.98. The maximum atomic E-state index is 5.70. The third-order valence-corrected chi connectivity index (χ3v) is 4.03. The summed E-state index contributed by atoms with van der Waals surface area (Å²) in [5.74, 6) is 3.74. The molecule has 7 nitrogen and oxygen atoms in total. The number of aliphatic imine (C=N–C) groups is 1. The van der Waals surface area contributed by atoms with Crippen molar-refractivity contribution in [2.75, 3.05) is 19.7 Å². The van der Waals surface area contributed by atoms with E-state index in [0.717, 1.165) is 62.3 Å². The summed E-state index contributed by atoms with van der Waals surface area (Å²) in [6.45, 7) is 5.91. The summed E-state index contributed by atoms with van der Waals surface area (Å²) >= 11 is 0. The van der Waals surface area contributed by atoms with Gasteiger partial charge >= 0.3 is 0 Å². The second-order valence-electron chi connectivity index (χ2n) is 5.92. The van der Waals surface area contributed by atoms with E-state index >= 15 is 0 Å². The van der Waals surface area contributed by atoms with Gasteiger partial charge in [-0.15, -0.1) is 34.2 Å². The summed E-state index contributed by atoms with van der Waals surface area (Å²) < 4.78 is 7.88. The van der Waals surface area contributed by atoms with Crippen molar-refractivity contribution in [1.82, 2.24) is 25.4 Å². The molecule has 3 rings (SSSR count). The number of halogens is 1. The largest absolute Gasteiger partial charge is 0.494 e. The first-order valence-corrected chi connectivity index (χ1v) is 8.98. The smallest absolute Gasteiger partial charge is 0.191 e. The van der Waals surface area contributed by atoms with Crippen molar-refractivity contribution in [3.05, 3.63) is 42.0 Å². The minimum absolute atomic E-state index is 0. The molecule has 0 saturated carbocycles. The van der Waals surface area contributed by atoms with Crippen LogP contribution in [-0.2, 0) is 19.5 Å². The van der Waals surface area contributed by atoms with Crippen LogP contribution < -0.4 is 15.4 Å². The van der Waals surface area contributed by atoms with Crippen LogP contribution in [0.1, 0.15) is 31.4 Å². The van der Waals surface area contributed by atoms with E-state index in [9.17, 15) is 0 Å². The molecule has 2 heterocycles. The average molecular weight is 470 g/mol. The maximum Gasteiger partial charge on any atom is 0.191 e. The van der Waals surface area contributed by atoms with Gasteiger partial charge in [0.05, 0.1) is 6.61 Å². The number of benzene rings is 1. The Bertz CT molecular complexity index is 688. The zero-order valence-electron chi connectivity index (χ0n) is 15.1. The van der Waals surface area contributed by atoms with Gasteiger partial charge in [0.25, 0.3) is 0 Å². The van der Waals surface area contributed by atoms with Gasteiger partial charge in [0.15, 0.2) is 11.8 Å². The molecule has 1 aromatic carbocycles.